The molecule has 0 saturated heterocycles. The molecule has 228 valence electrons. The van der Waals surface area contributed by atoms with Gasteiger partial charge in [0.15, 0.2) is 5.78 Å². The summed E-state index contributed by atoms with van der Waals surface area (Å²) >= 11 is 1.37. The van der Waals surface area contributed by atoms with Crippen LogP contribution in [0.5, 0.6) is 0 Å². The van der Waals surface area contributed by atoms with Crippen molar-refractivity contribution in [1.29, 1.82) is 0 Å². The zero-order valence-electron chi connectivity index (χ0n) is 25.4. The Balaban J connectivity index is 1.68. The molecule has 10 nitrogen and oxygen atoms in total. The Labute approximate surface area is 248 Å². The monoisotopic (exact) mass is 589 g/mol. The molecule has 3 amide bonds. The van der Waals surface area contributed by atoms with E-state index in [4.69, 9.17) is 9.47 Å². The number of Topliss-reactive ketones (excluding diaryl/α,β-unsaturated/α-hetero) is 1. The Hall–Kier alpha value is -2.79. The van der Waals surface area contributed by atoms with Crippen LogP contribution in [0.4, 0.5) is 9.59 Å². The first-order valence-electron chi connectivity index (χ1n) is 14.6. The fraction of sp³-hybridized carbons (Fsp3) is 0.667. The van der Waals surface area contributed by atoms with Crippen molar-refractivity contribution in [2.24, 2.45) is 11.0 Å². The summed E-state index contributed by atoms with van der Waals surface area (Å²) in [4.78, 5) is 41.7. The van der Waals surface area contributed by atoms with Gasteiger partial charge in [0.25, 0.3) is 11.5 Å². The van der Waals surface area contributed by atoms with Crippen molar-refractivity contribution < 1.29 is 23.9 Å². The molecule has 1 aliphatic heterocycles. The average molecular weight is 590 g/mol. The molecule has 0 spiro atoms. The van der Waals surface area contributed by atoms with Crippen LogP contribution >= 0.6 is 11.8 Å². The number of alkyl carbamates (subject to hydrolysis) is 1. The molecule has 41 heavy (non-hydrogen) atoms. The lowest BCUT2D eigenvalue weighted by molar-refractivity contribution is -0.131. The Morgan fingerprint density at radius 2 is 1.83 bits per heavy atom. The van der Waals surface area contributed by atoms with E-state index in [0.29, 0.717) is 30.9 Å². The van der Waals surface area contributed by atoms with E-state index < -0.39 is 29.6 Å². The summed E-state index contributed by atoms with van der Waals surface area (Å²) in [5.74, 6) is 0.808. The van der Waals surface area contributed by atoms with E-state index >= 15 is 0 Å². The number of amides is 3. The number of hydrazone groups is 1. The predicted octanol–water partition coefficient (Wildman–Crippen LogP) is 5.68. The van der Waals surface area contributed by atoms with Gasteiger partial charge < -0.3 is 19.7 Å². The minimum Gasteiger partial charge on any atom is -0.444 e. The topological polar surface area (TPSA) is 113 Å². The van der Waals surface area contributed by atoms with E-state index in [2.05, 4.69) is 32.8 Å². The second-order valence-electron chi connectivity index (χ2n) is 12.4. The van der Waals surface area contributed by atoms with Gasteiger partial charge >= 0.3 is 12.1 Å². The number of urea groups is 1. The lowest BCUT2D eigenvalue weighted by Crippen LogP contribution is -2.64. The molecule has 0 bridgehead atoms. The minimum atomic E-state index is -1.14. The van der Waals surface area contributed by atoms with Crippen molar-refractivity contribution in [2.75, 3.05) is 19.3 Å². The summed E-state index contributed by atoms with van der Waals surface area (Å²) in [7, 11) is 2.05. The lowest BCUT2D eigenvalue weighted by atomic mass is 9.89. The highest BCUT2D eigenvalue weighted by molar-refractivity contribution is 8.13. The standard InChI is InChI=1S/C30H47N5O5S/c1-22(2)15-16-24(36)25-35(33-28(39-25)41-20-19-34(6)21-23-13-9-7-10-14-23)26(37)31-30(17-11-8-12-18-30)32-27(38)40-29(3,4)5/h7,9-10,13-14,22,25H,8,11-12,15-21H2,1-6H3,(H,31,37)(H,32,38). The number of ether oxygens (including phenoxy) is 2. The summed E-state index contributed by atoms with van der Waals surface area (Å²) in [5, 5.41) is 11.7. The maximum atomic E-state index is 13.6. The second-order valence-corrected chi connectivity index (χ2v) is 13.4. The highest BCUT2D eigenvalue weighted by Gasteiger charge is 2.43. The summed E-state index contributed by atoms with van der Waals surface area (Å²) in [6.07, 6.45) is 3.02. The van der Waals surface area contributed by atoms with Crippen LogP contribution in [0.3, 0.4) is 0 Å². The number of ketones is 1. The van der Waals surface area contributed by atoms with Crippen LogP contribution < -0.4 is 10.6 Å². The molecule has 11 heteroatoms. The molecule has 3 rings (SSSR count). The third-order valence-electron chi connectivity index (χ3n) is 6.86. The molecule has 1 saturated carbocycles. The molecule has 1 aromatic carbocycles. The van der Waals surface area contributed by atoms with Crippen molar-refractivity contribution in [2.45, 2.75) is 104 Å². The van der Waals surface area contributed by atoms with Crippen molar-refractivity contribution in [3.05, 3.63) is 35.9 Å². The van der Waals surface area contributed by atoms with Gasteiger partial charge in [0, 0.05) is 25.3 Å². The van der Waals surface area contributed by atoms with Crippen LogP contribution in [0.1, 0.15) is 85.1 Å². The Morgan fingerprint density at radius 1 is 1.15 bits per heavy atom. The van der Waals surface area contributed by atoms with Crippen molar-refractivity contribution in [1.82, 2.24) is 20.5 Å². The van der Waals surface area contributed by atoms with Crippen LogP contribution in [0.25, 0.3) is 0 Å². The number of rotatable bonds is 11. The van der Waals surface area contributed by atoms with Gasteiger partial charge in [0.1, 0.15) is 11.3 Å². The Morgan fingerprint density at radius 3 is 2.46 bits per heavy atom. The summed E-state index contributed by atoms with van der Waals surface area (Å²) in [6, 6.07) is 9.65. The smallest absolute Gasteiger partial charge is 0.409 e. The van der Waals surface area contributed by atoms with Gasteiger partial charge in [-0.1, -0.05) is 62.4 Å². The van der Waals surface area contributed by atoms with Gasteiger partial charge in [-0.2, -0.15) is 5.01 Å². The first-order valence-corrected chi connectivity index (χ1v) is 15.6. The van der Waals surface area contributed by atoms with E-state index in [0.717, 1.165) is 37.4 Å². The van der Waals surface area contributed by atoms with Crippen LogP contribution in [-0.4, -0.2) is 69.9 Å². The fourth-order valence-electron chi connectivity index (χ4n) is 4.74. The van der Waals surface area contributed by atoms with Crippen LogP contribution in [0.2, 0.25) is 0 Å². The number of hydrogen-bond acceptors (Lipinski definition) is 8. The normalized spacial score (nSPS) is 18.6. The molecule has 0 aromatic heterocycles. The van der Waals surface area contributed by atoms with E-state index in [1.165, 1.54) is 17.3 Å². The molecule has 0 radical (unpaired) electrons. The Kier molecular flexibility index (Phi) is 11.9. The quantitative estimate of drug-likeness (QED) is 0.319. The number of thioether (sulfide) groups is 1. The summed E-state index contributed by atoms with van der Waals surface area (Å²) in [6.45, 7) is 11.1. The van der Waals surface area contributed by atoms with Crippen molar-refractivity contribution in [3.63, 3.8) is 0 Å². The number of hydrogen-bond donors (Lipinski definition) is 2. The number of carbonyl (C=O) groups is 3. The van der Waals surface area contributed by atoms with E-state index in [9.17, 15) is 14.4 Å². The molecule has 1 atom stereocenters. The highest BCUT2D eigenvalue weighted by Crippen LogP contribution is 2.29. The van der Waals surface area contributed by atoms with E-state index in [1.54, 1.807) is 20.8 Å². The third-order valence-corrected chi connectivity index (χ3v) is 7.67. The van der Waals surface area contributed by atoms with Gasteiger partial charge in [-0.15, -0.1) is 5.10 Å². The highest BCUT2D eigenvalue weighted by atomic mass is 32.2. The molecular weight excluding hydrogens is 542 g/mol. The van der Waals surface area contributed by atoms with Crippen molar-refractivity contribution in [3.8, 4) is 0 Å². The maximum absolute atomic E-state index is 13.6. The first-order chi connectivity index (χ1) is 19.4. The zero-order valence-corrected chi connectivity index (χ0v) is 26.2. The predicted molar refractivity (Wildman–Crippen MR) is 162 cm³/mol. The molecule has 1 heterocycles. The van der Waals surface area contributed by atoms with Gasteiger partial charge in [0.05, 0.1) is 0 Å². The largest absolute Gasteiger partial charge is 0.444 e. The minimum absolute atomic E-state index is 0.202. The number of nitrogens with one attached hydrogen (secondary N) is 2. The second kappa shape index (κ2) is 14.9. The number of nitrogens with zero attached hydrogens (tertiary/aromatic N) is 3. The molecule has 2 N–H and O–H groups in total. The molecule has 1 unspecified atom stereocenters. The molecule has 2 aliphatic rings. The molecular formula is C30H47N5O5S. The first kappa shape index (κ1) is 32.7. The average Bonchev–Trinajstić information content (AvgIpc) is 3.31. The van der Waals surface area contributed by atoms with Gasteiger partial charge in [-0.05, 0) is 71.4 Å². The maximum Gasteiger partial charge on any atom is 0.409 e. The van der Waals surface area contributed by atoms with E-state index in [1.807, 2.05) is 39.1 Å². The fourth-order valence-corrected chi connectivity index (χ4v) is 5.62. The molecule has 1 fully saturated rings. The third kappa shape index (κ3) is 10.8. The number of carbonyl (C=O) groups excluding carboxylic acids is 3. The van der Waals surface area contributed by atoms with Crippen LogP contribution in [-0.2, 0) is 20.8 Å². The summed E-state index contributed by atoms with van der Waals surface area (Å²) < 4.78 is 11.4. The van der Waals surface area contributed by atoms with E-state index in [-0.39, 0.29) is 17.4 Å². The zero-order chi connectivity index (χ0) is 30.0. The summed E-state index contributed by atoms with van der Waals surface area (Å²) in [5.41, 5.74) is -0.439. The van der Waals surface area contributed by atoms with Crippen LogP contribution in [0, 0.1) is 5.92 Å². The van der Waals surface area contributed by atoms with Gasteiger partial charge in [0.2, 0.25) is 0 Å². The Bertz CT molecular complexity index is 1050. The lowest BCUT2D eigenvalue weighted by Gasteiger charge is -2.39. The van der Waals surface area contributed by atoms with Gasteiger partial charge in [-0.25, -0.2) is 9.59 Å². The molecule has 1 aromatic rings. The molecule has 1 aliphatic carbocycles. The van der Waals surface area contributed by atoms with Crippen LogP contribution in [0.15, 0.2) is 35.4 Å². The number of benzene rings is 1. The van der Waals surface area contributed by atoms with Crippen molar-refractivity contribution >= 4 is 34.9 Å². The SMILES string of the molecule is CC(C)CCC(=O)C1OC(SCCN(C)Cc2ccccc2)=NN1C(=O)NC1(NC(=O)OC(C)(C)C)CCCCC1. The van der Waals surface area contributed by atoms with Gasteiger partial charge in [-0.3, -0.25) is 10.1 Å².